The lowest BCUT2D eigenvalue weighted by atomic mass is 10.1. The predicted octanol–water partition coefficient (Wildman–Crippen LogP) is 2.73. The van der Waals surface area contributed by atoms with Gasteiger partial charge in [0.2, 0.25) is 5.89 Å². The van der Waals surface area contributed by atoms with Crippen molar-refractivity contribution in [3.8, 4) is 11.5 Å². The smallest absolute Gasteiger partial charge is 0.335 e. The Morgan fingerprint density at radius 1 is 1.35 bits per heavy atom. The highest BCUT2D eigenvalue weighted by molar-refractivity contribution is 5.74. The molecule has 0 aliphatic carbocycles. The number of oxazole rings is 1. The van der Waals surface area contributed by atoms with Gasteiger partial charge in [0, 0.05) is 12.7 Å². The average molecular weight is 275 g/mol. The minimum Gasteiger partial charge on any atom is -0.457 e. The van der Waals surface area contributed by atoms with Gasteiger partial charge in [0.15, 0.2) is 6.10 Å². The van der Waals surface area contributed by atoms with E-state index in [1.165, 1.54) is 18.9 Å². The second-order valence-electron chi connectivity index (χ2n) is 4.50. The van der Waals surface area contributed by atoms with Gasteiger partial charge in [-0.2, -0.15) is 0 Å². The van der Waals surface area contributed by atoms with Crippen molar-refractivity contribution in [1.29, 1.82) is 0 Å². The van der Waals surface area contributed by atoms with Crippen LogP contribution in [0.1, 0.15) is 18.2 Å². The third-order valence-electron chi connectivity index (χ3n) is 2.90. The molecule has 1 atom stereocenters. The molecule has 0 aliphatic heterocycles. The quantitative estimate of drug-likeness (QED) is 0.785. The van der Waals surface area contributed by atoms with Crippen molar-refractivity contribution in [1.82, 2.24) is 4.98 Å². The molecule has 106 valence electrons. The summed E-state index contributed by atoms with van der Waals surface area (Å²) in [6, 6.07) is 7.84. The Bertz CT molecular complexity index is 574. The van der Waals surface area contributed by atoms with E-state index in [-0.39, 0.29) is 6.61 Å². The number of benzene rings is 1. The Labute approximate surface area is 117 Å². The van der Waals surface area contributed by atoms with Gasteiger partial charge < -0.3 is 13.9 Å². The van der Waals surface area contributed by atoms with E-state index in [4.69, 9.17) is 13.9 Å². The maximum atomic E-state index is 11.5. The highest BCUT2D eigenvalue weighted by atomic mass is 16.6. The fourth-order valence-corrected chi connectivity index (χ4v) is 1.56. The van der Waals surface area contributed by atoms with Gasteiger partial charge in [0.25, 0.3) is 0 Å². The van der Waals surface area contributed by atoms with E-state index in [1.807, 2.05) is 31.2 Å². The second kappa shape index (κ2) is 6.34. The first kappa shape index (κ1) is 14.3. The molecule has 1 aromatic carbocycles. The molecule has 2 aromatic rings. The normalized spacial score (nSPS) is 12.2. The predicted molar refractivity (Wildman–Crippen MR) is 72.9 cm³/mol. The standard InChI is InChI=1S/C15H17NO4/c1-10-4-6-12(7-5-10)14-16-13(8-19-14)9-20-15(17)11(2)18-3/h4-8,11H,9H2,1-3H3. The SMILES string of the molecule is COC(C)C(=O)OCc1coc(-c2ccc(C)cc2)n1. The first-order chi connectivity index (χ1) is 9.60. The van der Waals surface area contributed by atoms with Gasteiger partial charge in [0.1, 0.15) is 18.6 Å². The first-order valence-corrected chi connectivity index (χ1v) is 6.31. The van der Waals surface area contributed by atoms with Crippen LogP contribution in [0.3, 0.4) is 0 Å². The summed E-state index contributed by atoms with van der Waals surface area (Å²) in [6.45, 7) is 3.71. The number of hydrogen-bond donors (Lipinski definition) is 0. The molecule has 0 radical (unpaired) electrons. The molecule has 1 aromatic heterocycles. The molecule has 0 aliphatic rings. The highest BCUT2D eigenvalue weighted by Crippen LogP contribution is 2.19. The zero-order valence-corrected chi connectivity index (χ0v) is 11.8. The van der Waals surface area contributed by atoms with E-state index in [0.29, 0.717) is 11.6 Å². The van der Waals surface area contributed by atoms with Gasteiger partial charge in [-0.3, -0.25) is 0 Å². The van der Waals surface area contributed by atoms with Crippen molar-refractivity contribution < 1.29 is 18.7 Å². The van der Waals surface area contributed by atoms with Gasteiger partial charge in [-0.1, -0.05) is 17.7 Å². The number of nitrogens with zero attached hydrogens (tertiary/aromatic N) is 1. The molecule has 1 heterocycles. The largest absolute Gasteiger partial charge is 0.457 e. The number of esters is 1. The lowest BCUT2D eigenvalue weighted by Crippen LogP contribution is -2.21. The molecule has 0 saturated heterocycles. The third-order valence-corrected chi connectivity index (χ3v) is 2.90. The minimum atomic E-state index is -0.585. The molecule has 0 amide bonds. The molecular formula is C15H17NO4. The summed E-state index contributed by atoms with van der Waals surface area (Å²) in [4.78, 5) is 15.7. The average Bonchev–Trinajstić information content (AvgIpc) is 2.93. The number of ether oxygens (including phenoxy) is 2. The summed E-state index contributed by atoms with van der Waals surface area (Å²) >= 11 is 0. The maximum Gasteiger partial charge on any atom is 0.335 e. The van der Waals surface area contributed by atoms with E-state index in [1.54, 1.807) is 6.92 Å². The topological polar surface area (TPSA) is 61.6 Å². The molecule has 0 N–H and O–H groups in total. The maximum absolute atomic E-state index is 11.5. The molecule has 0 fully saturated rings. The van der Waals surface area contributed by atoms with Crippen LogP contribution in [0.2, 0.25) is 0 Å². The Morgan fingerprint density at radius 2 is 2.05 bits per heavy atom. The Hall–Kier alpha value is -2.14. The summed E-state index contributed by atoms with van der Waals surface area (Å²) in [5.41, 5.74) is 2.62. The van der Waals surface area contributed by atoms with Crippen LogP contribution >= 0.6 is 0 Å². The number of aromatic nitrogens is 1. The summed E-state index contributed by atoms with van der Waals surface area (Å²) in [5.74, 6) is 0.0863. The van der Waals surface area contributed by atoms with E-state index in [0.717, 1.165) is 5.56 Å². The van der Waals surface area contributed by atoms with Crippen LogP contribution in [0.5, 0.6) is 0 Å². The first-order valence-electron chi connectivity index (χ1n) is 6.31. The molecule has 5 heteroatoms. The highest BCUT2D eigenvalue weighted by Gasteiger charge is 2.14. The van der Waals surface area contributed by atoms with Crippen molar-refractivity contribution in [2.75, 3.05) is 7.11 Å². The van der Waals surface area contributed by atoms with E-state index in [2.05, 4.69) is 4.98 Å². The fraction of sp³-hybridized carbons (Fsp3) is 0.333. The van der Waals surface area contributed by atoms with Crippen LogP contribution < -0.4 is 0 Å². The molecule has 5 nitrogen and oxygen atoms in total. The van der Waals surface area contributed by atoms with Gasteiger partial charge in [-0.05, 0) is 26.0 Å². The lowest BCUT2D eigenvalue weighted by Gasteiger charge is -2.07. The van der Waals surface area contributed by atoms with Crippen molar-refractivity contribution in [2.24, 2.45) is 0 Å². The van der Waals surface area contributed by atoms with Crippen molar-refractivity contribution in [3.05, 3.63) is 41.8 Å². The van der Waals surface area contributed by atoms with Crippen molar-refractivity contribution in [2.45, 2.75) is 26.6 Å². The summed E-state index contributed by atoms with van der Waals surface area (Å²) in [6.07, 6.45) is 0.901. The number of carbonyl (C=O) groups is 1. The monoisotopic (exact) mass is 275 g/mol. The third kappa shape index (κ3) is 3.45. The van der Waals surface area contributed by atoms with Crippen LogP contribution in [-0.2, 0) is 20.9 Å². The van der Waals surface area contributed by atoms with Crippen LogP contribution in [0.25, 0.3) is 11.5 Å². The molecule has 0 spiro atoms. The van der Waals surface area contributed by atoms with Crippen LogP contribution in [0, 0.1) is 6.92 Å². The lowest BCUT2D eigenvalue weighted by molar-refractivity contribution is -0.155. The second-order valence-corrected chi connectivity index (χ2v) is 4.50. The van der Waals surface area contributed by atoms with Gasteiger partial charge in [-0.25, -0.2) is 9.78 Å². The van der Waals surface area contributed by atoms with Crippen molar-refractivity contribution >= 4 is 5.97 Å². The van der Waals surface area contributed by atoms with Gasteiger partial charge in [0.05, 0.1) is 0 Å². The molecule has 0 bridgehead atoms. The summed E-state index contributed by atoms with van der Waals surface area (Å²) < 4.78 is 15.3. The van der Waals surface area contributed by atoms with E-state index in [9.17, 15) is 4.79 Å². The molecule has 2 rings (SSSR count). The molecule has 1 unspecified atom stereocenters. The number of methoxy groups -OCH3 is 1. The number of aryl methyl sites for hydroxylation is 1. The van der Waals surface area contributed by atoms with E-state index >= 15 is 0 Å². The van der Waals surface area contributed by atoms with Crippen LogP contribution in [0.15, 0.2) is 34.9 Å². The number of rotatable bonds is 5. The summed E-state index contributed by atoms with van der Waals surface area (Å²) in [7, 11) is 1.46. The minimum absolute atomic E-state index is 0.0713. The number of hydrogen-bond acceptors (Lipinski definition) is 5. The van der Waals surface area contributed by atoms with Crippen molar-refractivity contribution in [3.63, 3.8) is 0 Å². The van der Waals surface area contributed by atoms with Crippen LogP contribution in [-0.4, -0.2) is 24.2 Å². The fourth-order valence-electron chi connectivity index (χ4n) is 1.56. The zero-order valence-electron chi connectivity index (χ0n) is 11.8. The molecule has 20 heavy (non-hydrogen) atoms. The number of carbonyl (C=O) groups excluding carboxylic acids is 1. The van der Waals surface area contributed by atoms with E-state index < -0.39 is 12.1 Å². The zero-order chi connectivity index (χ0) is 14.5. The molecular weight excluding hydrogens is 258 g/mol. The van der Waals surface area contributed by atoms with Gasteiger partial charge in [-0.15, -0.1) is 0 Å². The summed E-state index contributed by atoms with van der Waals surface area (Å²) in [5, 5.41) is 0. The molecule has 0 saturated carbocycles. The Balaban J connectivity index is 1.99. The Morgan fingerprint density at radius 3 is 2.70 bits per heavy atom. The van der Waals surface area contributed by atoms with Gasteiger partial charge >= 0.3 is 5.97 Å². The van der Waals surface area contributed by atoms with Crippen LogP contribution in [0.4, 0.5) is 0 Å². The Kier molecular flexibility index (Phi) is 4.53.